The SMILES string of the molecule is [C-]#[N+]c1c(C(C)(C)C)cc(-c2ccccc2)cc1C(C)(C)C. The van der Waals surface area contributed by atoms with Crippen LogP contribution in [0.4, 0.5) is 5.69 Å². The molecular weight excluding hydrogens is 266 g/mol. The lowest BCUT2D eigenvalue weighted by Crippen LogP contribution is -2.17. The van der Waals surface area contributed by atoms with Crippen LogP contribution < -0.4 is 0 Å². The Balaban J connectivity index is 2.83. The van der Waals surface area contributed by atoms with Gasteiger partial charge in [-0.25, -0.2) is 4.85 Å². The second-order valence-electron chi connectivity index (χ2n) is 7.90. The van der Waals surface area contributed by atoms with E-state index in [1.165, 1.54) is 11.1 Å². The largest absolute Gasteiger partial charge is 0.238 e. The molecule has 0 aliphatic heterocycles. The summed E-state index contributed by atoms with van der Waals surface area (Å²) in [6.07, 6.45) is 0. The summed E-state index contributed by atoms with van der Waals surface area (Å²) in [5.74, 6) is 0. The van der Waals surface area contributed by atoms with Gasteiger partial charge in [0.25, 0.3) is 0 Å². The highest BCUT2D eigenvalue weighted by Crippen LogP contribution is 2.42. The number of nitrogens with zero attached hydrogens (tertiary/aromatic N) is 1. The zero-order chi connectivity index (χ0) is 16.5. The lowest BCUT2D eigenvalue weighted by molar-refractivity contribution is 0.574. The fraction of sp³-hybridized carbons (Fsp3) is 0.381. The van der Waals surface area contributed by atoms with E-state index >= 15 is 0 Å². The molecule has 0 aliphatic rings. The number of hydrogen-bond acceptors (Lipinski definition) is 0. The summed E-state index contributed by atoms with van der Waals surface area (Å²) in [6, 6.07) is 14.8. The molecule has 0 unspecified atom stereocenters. The first kappa shape index (κ1) is 16.3. The van der Waals surface area contributed by atoms with Gasteiger partial charge in [-0.3, -0.25) is 0 Å². The molecule has 114 valence electrons. The lowest BCUT2D eigenvalue weighted by atomic mass is 9.77. The van der Waals surface area contributed by atoms with Crippen molar-refractivity contribution >= 4 is 5.69 Å². The van der Waals surface area contributed by atoms with Crippen molar-refractivity contribution in [2.45, 2.75) is 52.4 Å². The topological polar surface area (TPSA) is 4.36 Å². The third-order valence-corrected chi connectivity index (χ3v) is 3.94. The van der Waals surface area contributed by atoms with Gasteiger partial charge < -0.3 is 0 Å². The minimum atomic E-state index is -0.0509. The van der Waals surface area contributed by atoms with Crippen LogP contribution in [0.1, 0.15) is 52.7 Å². The van der Waals surface area contributed by atoms with E-state index in [2.05, 4.69) is 82.8 Å². The highest BCUT2D eigenvalue weighted by molar-refractivity contribution is 5.74. The Morgan fingerprint density at radius 1 is 0.727 bits per heavy atom. The van der Waals surface area contributed by atoms with E-state index in [0.29, 0.717) is 0 Å². The molecule has 0 spiro atoms. The third-order valence-electron chi connectivity index (χ3n) is 3.94. The van der Waals surface area contributed by atoms with E-state index in [-0.39, 0.29) is 10.8 Å². The van der Waals surface area contributed by atoms with Crippen molar-refractivity contribution in [1.82, 2.24) is 0 Å². The third kappa shape index (κ3) is 3.22. The van der Waals surface area contributed by atoms with Crippen LogP contribution in [0.15, 0.2) is 42.5 Å². The van der Waals surface area contributed by atoms with Crippen molar-refractivity contribution < 1.29 is 0 Å². The van der Waals surface area contributed by atoms with Gasteiger partial charge in [-0.2, -0.15) is 0 Å². The summed E-state index contributed by atoms with van der Waals surface area (Å²) in [7, 11) is 0. The van der Waals surface area contributed by atoms with Crippen molar-refractivity contribution in [2.24, 2.45) is 0 Å². The van der Waals surface area contributed by atoms with E-state index in [1.54, 1.807) is 0 Å². The van der Waals surface area contributed by atoms with Crippen molar-refractivity contribution in [3.8, 4) is 11.1 Å². The van der Waals surface area contributed by atoms with Gasteiger partial charge in [-0.05, 0) is 33.1 Å². The molecule has 2 aromatic carbocycles. The molecule has 1 heteroatoms. The minimum Gasteiger partial charge on any atom is -0.238 e. The highest BCUT2D eigenvalue weighted by Gasteiger charge is 2.26. The standard InChI is InChI=1S/C21H25N/c1-20(2,3)17-13-16(15-11-9-8-10-12-15)14-18(19(17)22-7)21(4,5)6/h8-14H,1-6H3. The molecule has 0 atom stereocenters. The zero-order valence-electron chi connectivity index (χ0n) is 14.5. The van der Waals surface area contributed by atoms with Crippen LogP contribution in [0.3, 0.4) is 0 Å². The monoisotopic (exact) mass is 291 g/mol. The van der Waals surface area contributed by atoms with Gasteiger partial charge in [0.2, 0.25) is 0 Å². The number of rotatable bonds is 1. The molecule has 0 fully saturated rings. The summed E-state index contributed by atoms with van der Waals surface area (Å²) >= 11 is 0. The summed E-state index contributed by atoms with van der Waals surface area (Å²) < 4.78 is 0. The fourth-order valence-corrected chi connectivity index (χ4v) is 2.70. The Morgan fingerprint density at radius 3 is 1.55 bits per heavy atom. The summed E-state index contributed by atoms with van der Waals surface area (Å²) in [5, 5.41) is 0. The predicted molar refractivity (Wildman–Crippen MR) is 95.5 cm³/mol. The normalized spacial score (nSPS) is 12.0. The summed E-state index contributed by atoms with van der Waals surface area (Å²) in [6.45, 7) is 20.8. The van der Waals surface area contributed by atoms with Crippen LogP contribution in [0.2, 0.25) is 0 Å². The number of hydrogen-bond donors (Lipinski definition) is 0. The van der Waals surface area contributed by atoms with Crippen molar-refractivity contribution in [3.63, 3.8) is 0 Å². The molecule has 0 saturated carbocycles. The van der Waals surface area contributed by atoms with Gasteiger partial charge in [0, 0.05) is 0 Å². The van der Waals surface area contributed by atoms with Gasteiger partial charge in [0.15, 0.2) is 5.69 Å². The Hall–Kier alpha value is -2.07. The molecule has 22 heavy (non-hydrogen) atoms. The summed E-state index contributed by atoms with van der Waals surface area (Å²) in [5.41, 5.74) is 5.38. The van der Waals surface area contributed by atoms with Crippen LogP contribution in [-0.4, -0.2) is 0 Å². The maximum Gasteiger partial charge on any atom is 0.194 e. The predicted octanol–water partition coefficient (Wildman–Crippen LogP) is 6.50. The first-order valence-electron chi connectivity index (χ1n) is 7.76. The Kier molecular flexibility index (Phi) is 4.16. The molecule has 0 N–H and O–H groups in total. The Morgan fingerprint density at radius 2 is 1.18 bits per heavy atom. The van der Waals surface area contributed by atoms with E-state index in [4.69, 9.17) is 6.57 Å². The second-order valence-corrected chi connectivity index (χ2v) is 7.90. The highest BCUT2D eigenvalue weighted by atomic mass is 14.7. The smallest absolute Gasteiger partial charge is 0.194 e. The number of benzene rings is 2. The minimum absolute atomic E-state index is 0.0509. The van der Waals surface area contributed by atoms with E-state index in [0.717, 1.165) is 16.8 Å². The van der Waals surface area contributed by atoms with E-state index in [1.807, 2.05) is 6.07 Å². The van der Waals surface area contributed by atoms with E-state index < -0.39 is 0 Å². The molecule has 0 aromatic heterocycles. The first-order chi connectivity index (χ1) is 10.1. The molecular formula is C21H25N. The van der Waals surface area contributed by atoms with Crippen molar-refractivity contribution in [2.75, 3.05) is 0 Å². The van der Waals surface area contributed by atoms with Crippen molar-refractivity contribution in [1.29, 1.82) is 0 Å². The van der Waals surface area contributed by atoms with Crippen LogP contribution in [0, 0.1) is 6.57 Å². The molecule has 1 nitrogen and oxygen atoms in total. The molecule has 2 rings (SSSR count). The summed E-state index contributed by atoms with van der Waals surface area (Å²) in [4.78, 5) is 3.89. The molecule has 0 bridgehead atoms. The van der Waals surface area contributed by atoms with Crippen LogP contribution in [-0.2, 0) is 10.8 Å². The molecule has 0 saturated heterocycles. The van der Waals surface area contributed by atoms with Gasteiger partial charge >= 0.3 is 0 Å². The molecule has 0 aliphatic carbocycles. The van der Waals surface area contributed by atoms with Crippen molar-refractivity contribution in [3.05, 3.63) is 65.0 Å². The zero-order valence-corrected chi connectivity index (χ0v) is 14.5. The first-order valence-corrected chi connectivity index (χ1v) is 7.76. The van der Waals surface area contributed by atoms with Gasteiger partial charge in [-0.15, -0.1) is 0 Å². The van der Waals surface area contributed by atoms with Crippen LogP contribution >= 0.6 is 0 Å². The van der Waals surface area contributed by atoms with Crippen LogP contribution in [0.5, 0.6) is 0 Å². The lowest BCUT2D eigenvalue weighted by Gasteiger charge is -2.28. The van der Waals surface area contributed by atoms with Gasteiger partial charge in [0.05, 0.1) is 6.57 Å². The quantitative estimate of drug-likeness (QED) is 0.528. The molecule has 0 heterocycles. The molecule has 2 aromatic rings. The Labute approximate surface area is 134 Å². The fourth-order valence-electron chi connectivity index (χ4n) is 2.70. The Bertz CT molecular complexity index is 669. The molecule has 0 radical (unpaired) electrons. The maximum absolute atomic E-state index is 7.69. The average Bonchev–Trinajstić information content (AvgIpc) is 2.45. The average molecular weight is 291 g/mol. The molecule has 0 amide bonds. The maximum atomic E-state index is 7.69. The van der Waals surface area contributed by atoms with E-state index in [9.17, 15) is 0 Å². The second kappa shape index (κ2) is 5.61. The van der Waals surface area contributed by atoms with Gasteiger partial charge in [-0.1, -0.05) is 84.0 Å². The van der Waals surface area contributed by atoms with Crippen LogP contribution in [0.25, 0.3) is 16.0 Å². The van der Waals surface area contributed by atoms with Gasteiger partial charge in [0.1, 0.15) is 0 Å².